The lowest BCUT2D eigenvalue weighted by Gasteiger charge is -2.11. The Morgan fingerprint density at radius 1 is 1.00 bits per heavy atom. The number of rotatable bonds is 3. The molecule has 2 aromatic rings. The average Bonchev–Trinajstić information content (AvgIpc) is 2.75. The van der Waals surface area contributed by atoms with Crippen LogP contribution in [0.4, 0.5) is 0 Å². The summed E-state index contributed by atoms with van der Waals surface area (Å²) in [5, 5.41) is 0. The number of hydrogen-bond donors (Lipinski definition) is 1. The van der Waals surface area contributed by atoms with Crippen LogP contribution in [0.15, 0.2) is 45.5 Å². The van der Waals surface area contributed by atoms with Crippen molar-refractivity contribution in [3.63, 3.8) is 0 Å². The molecule has 2 rings (SSSR count). The maximum absolute atomic E-state index is 6.14. The van der Waals surface area contributed by atoms with Crippen molar-refractivity contribution < 1.29 is 4.42 Å². The zero-order valence-corrected chi connectivity index (χ0v) is 11.6. The van der Waals surface area contributed by atoms with Gasteiger partial charge in [-0.15, -0.1) is 0 Å². The monoisotopic (exact) mass is 293 g/mol. The van der Waals surface area contributed by atoms with Gasteiger partial charge in [0.05, 0.1) is 6.04 Å². The van der Waals surface area contributed by atoms with E-state index < -0.39 is 0 Å². The molecule has 1 heterocycles. The summed E-state index contributed by atoms with van der Waals surface area (Å²) >= 11 is 3.28. The van der Waals surface area contributed by atoms with Crippen LogP contribution in [0.1, 0.15) is 42.7 Å². The van der Waals surface area contributed by atoms with Crippen molar-refractivity contribution in [2.24, 2.45) is 5.73 Å². The second-order valence-corrected chi connectivity index (χ2v) is 5.22. The predicted molar refractivity (Wildman–Crippen MR) is 73.0 cm³/mol. The van der Waals surface area contributed by atoms with Crippen LogP contribution in [0.25, 0.3) is 0 Å². The second kappa shape index (κ2) is 5.07. The molecule has 1 aromatic carbocycles. The van der Waals surface area contributed by atoms with E-state index in [1.54, 1.807) is 0 Å². The molecule has 0 saturated heterocycles. The van der Waals surface area contributed by atoms with Crippen LogP contribution in [0.2, 0.25) is 0 Å². The predicted octanol–water partition coefficient (Wildman–Crippen LogP) is 4.21. The highest BCUT2D eigenvalue weighted by Gasteiger charge is 2.12. The minimum atomic E-state index is -0.206. The molecule has 1 aromatic heterocycles. The van der Waals surface area contributed by atoms with Crippen molar-refractivity contribution in [2.75, 3.05) is 0 Å². The number of furan rings is 1. The van der Waals surface area contributed by atoms with Crippen LogP contribution in [0, 0.1) is 0 Å². The molecule has 0 aliphatic heterocycles. The summed E-state index contributed by atoms with van der Waals surface area (Å²) in [5.41, 5.74) is 8.53. The van der Waals surface area contributed by atoms with Crippen LogP contribution in [-0.4, -0.2) is 0 Å². The molecular formula is C14H16BrNO. The molecule has 0 bridgehead atoms. The fraction of sp³-hybridized carbons (Fsp3) is 0.286. The van der Waals surface area contributed by atoms with E-state index in [0.717, 1.165) is 11.3 Å². The Morgan fingerprint density at radius 2 is 1.59 bits per heavy atom. The molecule has 90 valence electrons. The van der Waals surface area contributed by atoms with E-state index in [1.165, 1.54) is 5.56 Å². The number of hydrogen-bond acceptors (Lipinski definition) is 2. The largest absolute Gasteiger partial charge is 0.452 e. The van der Waals surface area contributed by atoms with E-state index in [-0.39, 0.29) is 6.04 Å². The lowest BCUT2D eigenvalue weighted by molar-refractivity contribution is 0.470. The second-order valence-electron chi connectivity index (χ2n) is 4.44. The summed E-state index contributed by atoms with van der Waals surface area (Å²) in [4.78, 5) is 0. The number of benzene rings is 1. The van der Waals surface area contributed by atoms with Gasteiger partial charge in [-0.25, -0.2) is 0 Å². The van der Waals surface area contributed by atoms with Gasteiger partial charge < -0.3 is 10.2 Å². The molecule has 0 amide bonds. The zero-order chi connectivity index (χ0) is 12.4. The van der Waals surface area contributed by atoms with E-state index in [2.05, 4.69) is 54.0 Å². The standard InChI is InChI=1S/C14H16BrNO/c1-9(2)10-3-5-11(6-4-10)14(16)12-7-8-13(15)17-12/h3-9,14H,16H2,1-2H3. The highest BCUT2D eigenvalue weighted by Crippen LogP contribution is 2.25. The maximum atomic E-state index is 6.14. The van der Waals surface area contributed by atoms with E-state index in [4.69, 9.17) is 10.2 Å². The maximum Gasteiger partial charge on any atom is 0.169 e. The Balaban J connectivity index is 2.22. The summed E-state index contributed by atoms with van der Waals surface area (Å²) in [6.45, 7) is 4.36. The van der Waals surface area contributed by atoms with Gasteiger partial charge in [0.1, 0.15) is 5.76 Å². The molecule has 0 saturated carbocycles. The summed E-state index contributed by atoms with van der Waals surface area (Å²) in [5.74, 6) is 1.31. The van der Waals surface area contributed by atoms with Crippen molar-refractivity contribution in [3.05, 3.63) is 58.0 Å². The van der Waals surface area contributed by atoms with Gasteiger partial charge in [-0.3, -0.25) is 0 Å². The first kappa shape index (κ1) is 12.4. The quantitative estimate of drug-likeness (QED) is 0.920. The molecule has 0 radical (unpaired) electrons. The minimum absolute atomic E-state index is 0.206. The zero-order valence-electron chi connectivity index (χ0n) is 9.98. The highest BCUT2D eigenvalue weighted by atomic mass is 79.9. The lowest BCUT2D eigenvalue weighted by Crippen LogP contribution is -2.10. The molecule has 1 atom stereocenters. The van der Waals surface area contributed by atoms with Gasteiger partial charge in [-0.1, -0.05) is 38.1 Å². The van der Waals surface area contributed by atoms with E-state index >= 15 is 0 Å². The van der Waals surface area contributed by atoms with Crippen molar-refractivity contribution in [1.82, 2.24) is 0 Å². The molecular weight excluding hydrogens is 278 g/mol. The van der Waals surface area contributed by atoms with Crippen molar-refractivity contribution in [1.29, 1.82) is 0 Å². The number of halogens is 1. The third-order valence-electron chi connectivity index (χ3n) is 2.86. The van der Waals surface area contributed by atoms with Gasteiger partial charge in [0.25, 0.3) is 0 Å². The third kappa shape index (κ3) is 2.79. The molecule has 1 unspecified atom stereocenters. The van der Waals surface area contributed by atoms with Crippen molar-refractivity contribution in [2.45, 2.75) is 25.8 Å². The van der Waals surface area contributed by atoms with Crippen LogP contribution in [0.5, 0.6) is 0 Å². The fourth-order valence-electron chi connectivity index (χ4n) is 1.75. The summed E-state index contributed by atoms with van der Waals surface area (Å²) < 4.78 is 6.18. The van der Waals surface area contributed by atoms with Gasteiger partial charge in [0.2, 0.25) is 0 Å². The van der Waals surface area contributed by atoms with Gasteiger partial charge >= 0.3 is 0 Å². The van der Waals surface area contributed by atoms with Crippen LogP contribution in [-0.2, 0) is 0 Å². The molecule has 2 nitrogen and oxygen atoms in total. The molecule has 2 N–H and O–H groups in total. The Bertz CT molecular complexity index is 487. The first-order valence-electron chi connectivity index (χ1n) is 5.68. The van der Waals surface area contributed by atoms with Gasteiger partial charge in [-0.2, -0.15) is 0 Å². The molecule has 17 heavy (non-hydrogen) atoms. The topological polar surface area (TPSA) is 39.2 Å². The number of nitrogens with two attached hydrogens (primary N) is 1. The Kier molecular flexibility index (Phi) is 3.69. The molecule has 0 aliphatic carbocycles. The van der Waals surface area contributed by atoms with Gasteiger partial charge in [0, 0.05) is 0 Å². The summed E-state index contributed by atoms with van der Waals surface area (Å²) in [6.07, 6.45) is 0. The van der Waals surface area contributed by atoms with Crippen LogP contribution < -0.4 is 5.73 Å². The third-order valence-corrected chi connectivity index (χ3v) is 3.29. The Morgan fingerprint density at radius 3 is 2.06 bits per heavy atom. The Labute approximate surface area is 110 Å². The average molecular weight is 294 g/mol. The van der Waals surface area contributed by atoms with E-state index in [1.807, 2.05) is 12.1 Å². The molecule has 3 heteroatoms. The van der Waals surface area contributed by atoms with Crippen LogP contribution in [0.3, 0.4) is 0 Å². The Hall–Kier alpha value is -1.06. The van der Waals surface area contributed by atoms with Crippen molar-refractivity contribution in [3.8, 4) is 0 Å². The summed E-state index contributed by atoms with van der Waals surface area (Å²) in [7, 11) is 0. The van der Waals surface area contributed by atoms with E-state index in [9.17, 15) is 0 Å². The smallest absolute Gasteiger partial charge is 0.169 e. The van der Waals surface area contributed by atoms with E-state index in [0.29, 0.717) is 10.6 Å². The lowest BCUT2D eigenvalue weighted by atomic mass is 9.98. The van der Waals surface area contributed by atoms with Crippen LogP contribution >= 0.6 is 15.9 Å². The SMILES string of the molecule is CC(C)c1ccc(C(N)c2ccc(Br)o2)cc1. The van der Waals surface area contributed by atoms with Gasteiger partial charge in [0.15, 0.2) is 4.67 Å². The molecule has 0 aliphatic rings. The van der Waals surface area contributed by atoms with Gasteiger partial charge in [-0.05, 0) is 45.1 Å². The minimum Gasteiger partial charge on any atom is -0.452 e. The van der Waals surface area contributed by atoms with Crippen molar-refractivity contribution >= 4 is 15.9 Å². The highest BCUT2D eigenvalue weighted by molar-refractivity contribution is 9.10. The molecule has 0 fully saturated rings. The first-order chi connectivity index (χ1) is 8.08. The fourth-order valence-corrected chi connectivity index (χ4v) is 2.07. The summed E-state index contributed by atoms with van der Waals surface area (Å²) in [6, 6.07) is 11.9. The normalized spacial score (nSPS) is 13.0. The molecule has 0 spiro atoms. The first-order valence-corrected chi connectivity index (χ1v) is 6.48.